The number of pyridine rings is 1. The molecule has 0 fully saturated rings. The molecular weight excluding hydrogens is 374 g/mol. The van der Waals surface area contributed by atoms with E-state index in [1.165, 1.54) is 12.1 Å². The number of amides is 1. The van der Waals surface area contributed by atoms with Crippen molar-refractivity contribution in [3.05, 3.63) is 89.2 Å². The van der Waals surface area contributed by atoms with Gasteiger partial charge >= 0.3 is 0 Å². The predicted molar refractivity (Wildman–Crippen MR) is 107 cm³/mol. The molecule has 0 radical (unpaired) electrons. The van der Waals surface area contributed by atoms with Gasteiger partial charge in [0.15, 0.2) is 0 Å². The highest BCUT2D eigenvalue weighted by Crippen LogP contribution is 2.32. The number of rotatable bonds is 8. The van der Waals surface area contributed by atoms with E-state index in [2.05, 4.69) is 4.98 Å². The van der Waals surface area contributed by atoms with E-state index in [-0.39, 0.29) is 12.8 Å². The van der Waals surface area contributed by atoms with Crippen molar-refractivity contribution in [3.8, 4) is 11.1 Å². The van der Waals surface area contributed by atoms with Crippen molar-refractivity contribution < 1.29 is 18.3 Å². The summed E-state index contributed by atoms with van der Waals surface area (Å²) >= 11 is 0. The van der Waals surface area contributed by atoms with Gasteiger partial charge in [-0.25, -0.2) is 8.78 Å². The van der Waals surface area contributed by atoms with Crippen molar-refractivity contribution in [1.29, 1.82) is 0 Å². The first-order valence-corrected chi connectivity index (χ1v) is 9.22. The second-order valence-electron chi connectivity index (χ2n) is 6.92. The Hall–Kier alpha value is -3.12. The number of nitrogens with zero attached hydrogens (tertiary/aromatic N) is 1. The maximum Gasteiger partial charge on any atom is 0.218 e. The summed E-state index contributed by atoms with van der Waals surface area (Å²) in [5.74, 6) is -2.23. The first-order valence-electron chi connectivity index (χ1n) is 9.22. The van der Waals surface area contributed by atoms with Crippen LogP contribution >= 0.6 is 0 Å². The third-order valence-electron chi connectivity index (χ3n) is 4.65. The molecule has 1 heterocycles. The zero-order valence-corrected chi connectivity index (χ0v) is 16.1. The molecule has 0 unspecified atom stereocenters. The lowest BCUT2D eigenvalue weighted by Crippen LogP contribution is -2.18. The van der Waals surface area contributed by atoms with Crippen molar-refractivity contribution in [1.82, 2.24) is 4.98 Å². The Morgan fingerprint density at radius 1 is 1.07 bits per heavy atom. The summed E-state index contributed by atoms with van der Waals surface area (Å²) < 4.78 is 32.4. The van der Waals surface area contributed by atoms with Gasteiger partial charge in [-0.2, -0.15) is 0 Å². The SMILES string of the molecule is COCc1ccc(-c2cccnc2[C@H](CC(N)=O)Cc2cc(F)cc(F)c2)cc1. The van der Waals surface area contributed by atoms with Crippen LogP contribution in [0.5, 0.6) is 0 Å². The standard InChI is InChI=1S/C23H22F2N2O2/c1-29-14-15-4-6-17(7-5-15)21-3-2-8-27-23(21)18(12-22(26)28)9-16-10-19(24)13-20(25)11-16/h2-8,10-11,13,18H,9,12,14H2,1H3,(H2,26,28)/t18-/m0/s1. The van der Waals surface area contributed by atoms with Gasteiger partial charge in [0.2, 0.25) is 5.91 Å². The molecule has 1 amide bonds. The molecule has 2 aromatic carbocycles. The number of primary amides is 1. The van der Waals surface area contributed by atoms with Gasteiger partial charge in [-0.1, -0.05) is 30.3 Å². The fraction of sp³-hybridized carbons (Fsp3) is 0.217. The maximum absolute atomic E-state index is 13.6. The number of aromatic nitrogens is 1. The van der Waals surface area contributed by atoms with Gasteiger partial charge in [0, 0.05) is 37.3 Å². The van der Waals surface area contributed by atoms with Crippen LogP contribution in [-0.2, 0) is 22.6 Å². The van der Waals surface area contributed by atoms with Gasteiger partial charge < -0.3 is 10.5 Å². The van der Waals surface area contributed by atoms with Crippen molar-refractivity contribution in [2.45, 2.75) is 25.4 Å². The average molecular weight is 396 g/mol. The number of benzene rings is 2. The van der Waals surface area contributed by atoms with E-state index >= 15 is 0 Å². The number of hydrogen-bond acceptors (Lipinski definition) is 3. The Morgan fingerprint density at radius 3 is 2.38 bits per heavy atom. The van der Waals surface area contributed by atoms with E-state index in [1.54, 1.807) is 13.3 Å². The molecule has 1 aromatic heterocycles. The van der Waals surface area contributed by atoms with Crippen LogP contribution in [0.2, 0.25) is 0 Å². The second kappa shape index (κ2) is 9.39. The smallest absolute Gasteiger partial charge is 0.218 e. The highest BCUT2D eigenvalue weighted by molar-refractivity contribution is 5.76. The predicted octanol–water partition coefficient (Wildman–Crippen LogP) is 4.37. The van der Waals surface area contributed by atoms with Crippen molar-refractivity contribution in [2.24, 2.45) is 5.73 Å². The molecule has 0 saturated heterocycles. The minimum Gasteiger partial charge on any atom is -0.380 e. The molecule has 0 aliphatic carbocycles. The van der Waals surface area contributed by atoms with Gasteiger partial charge in [-0.05, 0) is 41.3 Å². The van der Waals surface area contributed by atoms with Crippen molar-refractivity contribution in [2.75, 3.05) is 7.11 Å². The normalized spacial score (nSPS) is 12.0. The number of halogens is 2. The van der Waals surface area contributed by atoms with Gasteiger partial charge in [0.1, 0.15) is 11.6 Å². The Morgan fingerprint density at radius 2 is 1.76 bits per heavy atom. The maximum atomic E-state index is 13.6. The van der Waals surface area contributed by atoms with Crippen LogP contribution in [0.25, 0.3) is 11.1 Å². The summed E-state index contributed by atoms with van der Waals surface area (Å²) in [4.78, 5) is 16.2. The van der Waals surface area contributed by atoms with E-state index in [0.717, 1.165) is 22.8 Å². The van der Waals surface area contributed by atoms with E-state index in [1.807, 2.05) is 36.4 Å². The molecule has 1 atom stereocenters. The Labute approximate surface area is 168 Å². The molecule has 3 aromatic rings. The molecule has 6 heteroatoms. The molecule has 4 nitrogen and oxygen atoms in total. The first kappa shape index (κ1) is 20.6. The van der Waals surface area contributed by atoms with Gasteiger partial charge in [0.25, 0.3) is 0 Å². The number of carbonyl (C=O) groups excluding carboxylic acids is 1. The van der Waals surface area contributed by atoms with E-state index in [4.69, 9.17) is 10.5 Å². The average Bonchev–Trinajstić information content (AvgIpc) is 2.67. The summed E-state index contributed by atoms with van der Waals surface area (Å²) in [6.07, 6.45) is 1.89. The van der Waals surface area contributed by atoms with Crippen LogP contribution < -0.4 is 5.73 Å². The van der Waals surface area contributed by atoms with Crippen LogP contribution in [0.4, 0.5) is 8.78 Å². The monoisotopic (exact) mass is 396 g/mol. The summed E-state index contributed by atoms with van der Waals surface area (Å²) in [5, 5.41) is 0. The zero-order valence-electron chi connectivity index (χ0n) is 16.1. The van der Waals surface area contributed by atoms with Gasteiger partial charge in [-0.15, -0.1) is 0 Å². The second-order valence-corrected chi connectivity index (χ2v) is 6.92. The van der Waals surface area contributed by atoms with E-state index < -0.39 is 23.5 Å². The van der Waals surface area contributed by atoms with Gasteiger partial charge in [-0.3, -0.25) is 9.78 Å². The largest absolute Gasteiger partial charge is 0.380 e. The molecule has 150 valence electrons. The summed E-state index contributed by atoms with van der Waals surface area (Å²) in [6, 6.07) is 14.9. The van der Waals surface area contributed by atoms with E-state index in [0.29, 0.717) is 17.9 Å². The van der Waals surface area contributed by atoms with Crippen LogP contribution in [0, 0.1) is 11.6 Å². The lowest BCUT2D eigenvalue weighted by atomic mass is 9.88. The fourth-order valence-corrected chi connectivity index (χ4v) is 3.46. The lowest BCUT2D eigenvalue weighted by Gasteiger charge is -2.19. The summed E-state index contributed by atoms with van der Waals surface area (Å²) in [7, 11) is 1.64. The number of nitrogens with two attached hydrogens (primary N) is 1. The molecule has 0 spiro atoms. The number of ether oxygens (including phenoxy) is 1. The molecule has 29 heavy (non-hydrogen) atoms. The van der Waals surface area contributed by atoms with Crippen molar-refractivity contribution in [3.63, 3.8) is 0 Å². The highest BCUT2D eigenvalue weighted by Gasteiger charge is 2.21. The Kier molecular flexibility index (Phi) is 6.67. The fourth-order valence-electron chi connectivity index (χ4n) is 3.46. The quantitative estimate of drug-likeness (QED) is 0.615. The van der Waals surface area contributed by atoms with Crippen LogP contribution in [0.3, 0.4) is 0 Å². The molecule has 0 aliphatic rings. The van der Waals surface area contributed by atoms with Crippen LogP contribution in [0.15, 0.2) is 60.8 Å². The summed E-state index contributed by atoms with van der Waals surface area (Å²) in [5.41, 5.74) is 9.37. The lowest BCUT2D eigenvalue weighted by molar-refractivity contribution is -0.118. The zero-order chi connectivity index (χ0) is 20.8. The molecule has 0 aliphatic heterocycles. The molecule has 0 saturated carbocycles. The topological polar surface area (TPSA) is 65.2 Å². The molecule has 0 bridgehead atoms. The van der Waals surface area contributed by atoms with Crippen LogP contribution in [-0.4, -0.2) is 18.0 Å². The highest BCUT2D eigenvalue weighted by atomic mass is 19.1. The Bertz CT molecular complexity index is 970. The third-order valence-corrected chi connectivity index (χ3v) is 4.65. The van der Waals surface area contributed by atoms with Crippen molar-refractivity contribution >= 4 is 5.91 Å². The number of carbonyl (C=O) groups is 1. The van der Waals surface area contributed by atoms with E-state index in [9.17, 15) is 13.6 Å². The minimum absolute atomic E-state index is 0.0178. The third kappa shape index (κ3) is 5.45. The van der Waals surface area contributed by atoms with Crippen LogP contribution in [0.1, 0.15) is 29.2 Å². The number of hydrogen-bond donors (Lipinski definition) is 1. The number of methoxy groups -OCH3 is 1. The molecular formula is C23H22F2N2O2. The molecule has 3 rings (SSSR count). The summed E-state index contributed by atoms with van der Waals surface area (Å²) in [6.45, 7) is 0.510. The molecule has 2 N–H and O–H groups in total. The minimum atomic E-state index is -0.659. The van der Waals surface area contributed by atoms with Gasteiger partial charge in [0.05, 0.1) is 12.3 Å². The first-order chi connectivity index (χ1) is 14.0. The Balaban J connectivity index is 1.99.